The van der Waals surface area contributed by atoms with Crippen LogP contribution in [0.4, 0.5) is 0 Å². The summed E-state index contributed by atoms with van der Waals surface area (Å²) >= 11 is 0. The molecule has 1 saturated heterocycles. The second kappa shape index (κ2) is 3.95. The van der Waals surface area contributed by atoms with Crippen molar-refractivity contribution in [3.63, 3.8) is 0 Å². The van der Waals surface area contributed by atoms with E-state index in [2.05, 4.69) is 49.2 Å². The van der Waals surface area contributed by atoms with E-state index < -0.39 is 0 Å². The van der Waals surface area contributed by atoms with Crippen molar-refractivity contribution in [3.8, 4) is 0 Å². The van der Waals surface area contributed by atoms with Crippen molar-refractivity contribution in [2.45, 2.75) is 18.9 Å². The summed E-state index contributed by atoms with van der Waals surface area (Å²) in [6.07, 6.45) is 1.21. The highest BCUT2D eigenvalue weighted by Gasteiger charge is 2.43. The number of nitrogens with zero attached hydrogens (tertiary/aromatic N) is 1. The molecular formula is C13H20N2. The van der Waals surface area contributed by atoms with Gasteiger partial charge in [-0.05, 0) is 45.0 Å². The molecule has 1 aromatic carbocycles. The van der Waals surface area contributed by atoms with Crippen LogP contribution in [0.25, 0.3) is 0 Å². The SMILES string of the molecule is CN1CCC(CN)C1(C)c1ccccc1. The normalized spacial score (nSPS) is 32.1. The average Bonchev–Trinajstić information content (AvgIpc) is 2.58. The fourth-order valence-electron chi connectivity index (χ4n) is 2.75. The number of benzene rings is 1. The van der Waals surface area contributed by atoms with E-state index in [9.17, 15) is 0 Å². The maximum absolute atomic E-state index is 5.88. The molecule has 2 nitrogen and oxygen atoms in total. The first-order valence-electron chi connectivity index (χ1n) is 5.66. The van der Waals surface area contributed by atoms with Gasteiger partial charge in [0, 0.05) is 5.54 Å². The monoisotopic (exact) mass is 204 g/mol. The van der Waals surface area contributed by atoms with Gasteiger partial charge in [-0.25, -0.2) is 0 Å². The van der Waals surface area contributed by atoms with Crippen LogP contribution >= 0.6 is 0 Å². The molecule has 2 atom stereocenters. The summed E-state index contributed by atoms with van der Waals surface area (Å²) in [6.45, 7) is 4.23. The molecule has 82 valence electrons. The Kier molecular flexibility index (Phi) is 2.81. The minimum atomic E-state index is 0.121. The van der Waals surface area contributed by atoms with Crippen LogP contribution in [0.2, 0.25) is 0 Å². The van der Waals surface area contributed by atoms with Gasteiger partial charge >= 0.3 is 0 Å². The Bertz CT molecular complexity index is 323. The van der Waals surface area contributed by atoms with E-state index in [4.69, 9.17) is 5.73 Å². The van der Waals surface area contributed by atoms with Crippen LogP contribution in [0.3, 0.4) is 0 Å². The highest BCUT2D eigenvalue weighted by atomic mass is 15.2. The third-order valence-corrected chi connectivity index (χ3v) is 4.04. The highest BCUT2D eigenvalue weighted by Crippen LogP contribution is 2.41. The summed E-state index contributed by atoms with van der Waals surface area (Å²) < 4.78 is 0. The van der Waals surface area contributed by atoms with Gasteiger partial charge in [-0.15, -0.1) is 0 Å². The molecule has 15 heavy (non-hydrogen) atoms. The van der Waals surface area contributed by atoms with Gasteiger partial charge in [0.1, 0.15) is 0 Å². The lowest BCUT2D eigenvalue weighted by Gasteiger charge is -2.37. The molecule has 0 radical (unpaired) electrons. The van der Waals surface area contributed by atoms with Crippen molar-refractivity contribution in [2.24, 2.45) is 11.7 Å². The molecule has 1 fully saturated rings. The lowest BCUT2D eigenvalue weighted by Crippen LogP contribution is -2.42. The minimum absolute atomic E-state index is 0.121. The second-order valence-corrected chi connectivity index (χ2v) is 4.66. The van der Waals surface area contributed by atoms with Crippen molar-refractivity contribution in [1.29, 1.82) is 0 Å². The van der Waals surface area contributed by atoms with Crippen LogP contribution in [0.5, 0.6) is 0 Å². The maximum atomic E-state index is 5.88. The number of nitrogens with two attached hydrogens (primary N) is 1. The Morgan fingerprint density at radius 2 is 2.07 bits per heavy atom. The number of rotatable bonds is 2. The standard InChI is InChI=1S/C13H20N2/c1-13(11-6-4-3-5-7-11)12(10-14)8-9-15(13)2/h3-7,12H,8-10,14H2,1-2H3. The van der Waals surface area contributed by atoms with E-state index in [1.54, 1.807) is 0 Å². The van der Waals surface area contributed by atoms with Gasteiger partial charge < -0.3 is 5.73 Å². The Balaban J connectivity index is 2.39. The van der Waals surface area contributed by atoms with Gasteiger partial charge in [0.05, 0.1) is 0 Å². The molecule has 0 saturated carbocycles. The van der Waals surface area contributed by atoms with Crippen LogP contribution in [0.15, 0.2) is 30.3 Å². The molecule has 2 rings (SSSR count). The van der Waals surface area contributed by atoms with E-state index in [1.165, 1.54) is 12.0 Å². The predicted octanol–water partition coefficient (Wildman–Crippen LogP) is 1.81. The van der Waals surface area contributed by atoms with E-state index in [0.717, 1.165) is 13.1 Å². The first-order valence-corrected chi connectivity index (χ1v) is 5.66. The molecule has 0 amide bonds. The molecule has 2 heteroatoms. The Morgan fingerprint density at radius 3 is 2.67 bits per heavy atom. The molecule has 0 aliphatic carbocycles. The molecule has 2 unspecified atom stereocenters. The summed E-state index contributed by atoms with van der Waals surface area (Å²) in [5, 5.41) is 0. The van der Waals surface area contributed by atoms with Gasteiger partial charge in [-0.1, -0.05) is 30.3 Å². The third kappa shape index (κ3) is 1.58. The molecule has 0 spiro atoms. The Labute approximate surface area is 92.1 Å². The Hall–Kier alpha value is -0.860. The van der Waals surface area contributed by atoms with E-state index >= 15 is 0 Å². The van der Waals surface area contributed by atoms with Crippen molar-refractivity contribution in [1.82, 2.24) is 4.90 Å². The number of likely N-dealkylation sites (tertiary alicyclic amines) is 1. The van der Waals surface area contributed by atoms with Crippen molar-refractivity contribution >= 4 is 0 Å². The van der Waals surface area contributed by atoms with Crippen molar-refractivity contribution in [2.75, 3.05) is 20.1 Å². The van der Waals surface area contributed by atoms with Gasteiger partial charge in [0.15, 0.2) is 0 Å². The van der Waals surface area contributed by atoms with E-state index in [-0.39, 0.29) is 5.54 Å². The number of hydrogen-bond acceptors (Lipinski definition) is 2. The summed E-state index contributed by atoms with van der Waals surface area (Å²) in [4.78, 5) is 2.43. The maximum Gasteiger partial charge on any atom is 0.0470 e. The summed E-state index contributed by atoms with van der Waals surface area (Å²) in [5.41, 5.74) is 7.39. The molecule has 1 heterocycles. The first kappa shape index (κ1) is 10.7. The number of hydrogen-bond donors (Lipinski definition) is 1. The largest absolute Gasteiger partial charge is 0.330 e. The second-order valence-electron chi connectivity index (χ2n) is 4.66. The topological polar surface area (TPSA) is 29.3 Å². The molecular weight excluding hydrogens is 184 g/mol. The van der Waals surface area contributed by atoms with Gasteiger partial charge in [0.25, 0.3) is 0 Å². The summed E-state index contributed by atoms with van der Waals surface area (Å²) in [7, 11) is 2.20. The third-order valence-electron chi connectivity index (χ3n) is 4.04. The fraction of sp³-hybridized carbons (Fsp3) is 0.538. The fourth-order valence-corrected chi connectivity index (χ4v) is 2.75. The first-order chi connectivity index (χ1) is 7.19. The average molecular weight is 204 g/mol. The Morgan fingerprint density at radius 1 is 1.40 bits per heavy atom. The molecule has 1 aliphatic heterocycles. The molecule has 1 aromatic rings. The van der Waals surface area contributed by atoms with Gasteiger partial charge in [-0.2, -0.15) is 0 Å². The quantitative estimate of drug-likeness (QED) is 0.796. The van der Waals surface area contributed by atoms with E-state index in [0.29, 0.717) is 5.92 Å². The zero-order valence-corrected chi connectivity index (χ0v) is 9.61. The van der Waals surface area contributed by atoms with E-state index in [1.807, 2.05) is 0 Å². The van der Waals surface area contributed by atoms with Crippen LogP contribution in [-0.4, -0.2) is 25.0 Å². The smallest absolute Gasteiger partial charge is 0.0470 e. The summed E-state index contributed by atoms with van der Waals surface area (Å²) in [6, 6.07) is 10.7. The van der Waals surface area contributed by atoms with Crippen LogP contribution in [-0.2, 0) is 5.54 Å². The molecule has 2 N–H and O–H groups in total. The lowest BCUT2D eigenvalue weighted by molar-refractivity contribution is 0.153. The zero-order chi connectivity index (χ0) is 10.9. The highest BCUT2D eigenvalue weighted by molar-refractivity contribution is 5.26. The lowest BCUT2D eigenvalue weighted by atomic mass is 9.80. The minimum Gasteiger partial charge on any atom is -0.330 e. The molecule has 1 aliphatic rings. The van der Waals surface area contributed by atoms with Gasteiger partial charge in [-0.3, -0.25) is 4.90 Å². The van der Waals surface area contributed by atoms with Crippen LogP contribution < -0.4 is 5.73 Å². The van der Waals surface area contributed by atoms with Crippen LogP contribution in [0.1, 0.15) is 18.9 Å². The molecule has 0 bridgehead atoms. The van der Waals surface area contributed by atoms with Crippen molar-refractivity contribution in [3.05, 3.63) is 35.9 Å². The van der Waals surface area contributed by atoms with Crippen molar-refractivity contribution < 1.29 is 0 Å². The predicted molar refractivity (Wildman–Crippen MR) is 63.6 cm³/mol. The zero-order valence-electron chi connectivity index (χ0n) is 9.61. The van der Waals surface area contributed by atoms with Crippen LogP contribution in [0, 0.1) is 5.92 Å². The van der Waals surface area contributed by atoms with Gasteiger partial charge in [0.2, 0.25) is 0 Å². The molecule has 0 aromatic heterocycles. The summed E-state index contributed by atoms with van der Waals surface area (Å²) in [5.74, 6) is 0.574.